The number of hydrogen-bond acceptors (Lipinski definition) is 5. The van der Waals surface area contributed by atoms with Crippen molar-refractivity contribution in [3.8, 4) is 0 Å². The second-order valence-electron chi connectivity index (χ2n) is 6.67. The number of benzene rings is 3. The highest BCUT2D eigenvalue weighted by atomic mass is 35.5. The second kappa shape index (κ2) is 10.5. The summed E-state index contributed by atoms with van der Waals surface area (Å²) in [5.41, 5.74) is 1.05. The number of non-ortho nitro benzene ring substituents is 1. The van der Waals surface area contributed by atoms with E-state index in [0.717, 1.165) is 4.90 Å². The van der Waals surface area contributed by atoms with Gasteiger partial charge < -0.3 is 10.6 Å². The average Bonchev–Trinajstić information content (AvgIpc) is 2.76. The van der Waals surface area contributed by atoms with Crippen molar-refractivity contribution in [3.63, 3.8) is 0 Å². The van der Waals surface area contributed by atoms with Gasteiger partial charge in [-0.05, 0) is 49.4 Å². The Hall–Kier alpha value is -3.07. The molecule has 7 nitrogen and oxygen atoms in total. The first-order valence-electron chi connectivity index (χ1n) is 9.31. The van der Waals surface area contributed by atoms with Gasteiger partial charge >= 0.3 is 0 Å². The molecule has 3 aromatic carbocycles. The van der Waals surface area contributed by atoms with Crippen molar-refractivity contribution >= 4 is 63.8 Å². The molecular weight excluding hydrogens is 473 g/mol. The summed E-state index contributed by atoms with van der Waals surface area (Å²) in [7, 11) is 0. The van der Waals surface area contributed by atoms with Crippen LogP contribution in [-0.2, 0) is 4.79 Å². The van der Waals surface area contributed by atoms with E-state index in [9.17, 15) is 19.7 Å². The van der Waals surface area contributed by atoms with Gasteiger partial charge in [0.25, 0.3) is 11.6 Å². The molecule has 0 saturated carbocycles. The first-order chi connectivity index (χ1) is 15.2. The third-order valence-corrected chi connectivity index (χ3v) is 6.11. The minimum Gasteiger partial charge on any atom is -0.325 e. The number of hydrogen-bond donors (Lipinski definition) is 2. The number of rotatable bonds is 7. The topological polar surface area (TPSA) is 101 Å². The highest BCUT2D eigenvalue weighted by Gasteiger charge is 2.16. The largest absolute Gasteiger partial charge is 0.325 e. The number of amides is 2. The van der Waals surface area contributed by atoms with E-state index in [0.29, 0.717) is 21.4 Å². The molecular formula is C22H17Cl2N3O4S. The summed E-state index contributed by atoms with van der Waals surface area (Å²) in [5.74, 6) is -0.694. The SMILES string of the molecule is CC(Sc1cccc(NC(=O)c2cccc([N+](=O)[O-])c2)c1)C(=O)Nc1ccc(Cl)c(Cl)c1. The molecule has 0 aliphatic carbocycles. The molecule has 0 spiro atoms. The molecule has 2 amide bonds. The Kier molecular flexibility index (Phi) is 7.74. The summed E-state index contributed by atoms with van der Waals surface area (Å²) >= 11 is 13.2. The van der Waals surface area contributed by atoms with Crippen LogP contribution in [0.25, 0.3) is 0 Å². The third-order valence-electron chi connectivity index (χ3n) is 4.28. The Labute approximate surface area is 198 Å². The van der Waals surface area contributed by atoms with Gasteiger partial charge in [0.15, 0.2) is 0 Å². The zero-order valence-corrected chi connectivity index (χ0v) is 19.0. The van der Waals surface area contributed by atoms with E-state index in [-0.39, 0.29) is 17.2 Å². The number of nitro groups is 1. The Morgan fingerprint density at radius 1 is 0.938 bits per heavy atom. The zero-order chi connectivity index (χ0) is 23.3. The normalized spacial score (nSPS) is 11.5. The lowest BCUT2D eigenvalue weighted by atomic mass is 10.2. The van der Waals surface area contributed by atoms with Crippen LogP contribution in [0.15, 0.2) is 71.6 Å². The zero-order valence-electron chi connectivity index (χ0n) is 16.7. The van der Waals surface area contributed by atoms with Crippen LogP contribution in [0.3, 0.4) is 0 Å². The Balaban J connectivity index is 1.64. The van der Waals surface area contributed by atoms with Crippen LogP contribution >= 0.6 is 35.0 Å². The summed E-state index contributed by atoms with van der Waals surface area (Å²) in [5, 5.41) is 16.7. The summed E-state index contributed by atoms with van der Waals surface area (Å²) in [6.45, 7) is 1.76. The van der Waals surface area contributed by atoms with Crippen molar-refractivity contribution in [1.82, 2.24) is 0 Å². The minimum atomic E-state index is -0.557. The van der Waals surface area contributed by atoms with E-state index < -0.39 is 16.1 Å². The number of halogens is 2. The van der Waals surface area contributed by atoms with Gasteiger partial charge in [0, 0.05) is 34.0 Å². The number of carbonyl (C=O) groups is 2. The van der Waals surface area contributed by atoms with E-state index >= 15 is 0 Å². The smallest absolute Gasteiger partial charge is 0.270 e. The molecule has 0 heterocycles. The number of thioether (sulfide) groups is 1. The average molecular weight is 490 g/mol. The minimum absolute atomic E-state index is 0.163. The first kappa shape index (κ1) is 23.6. The molecule has 2 N–H and O–H groups in total. The quantitative estimate of drug-likeness (QED) is 0.231. The molecule has 32 heavy (non-hydrogen) atoms. The fraction of sp³-hybridized carbons (Fsp3) is 0.0909. The van der Waals surface area contributed by atoms with E-state index in [1.165, 1.54) is 36.0 Å². The van der Waals surface area contributed by atoms with Crippen molar-refractivity contribution in [2.75, 3.05) is 10.6 Å². The molecule has 1 unspecified atom stereocenters. The molecule has 1 atom stereocenters. The number of nitrogens with one attached hydrogen (secondary N) is 2. The number of nitrogens with zero attached hydrogens (tertiary/aromatic N) is 1. The lowest BCUT2D eigenvalue weighted by molar-refractivity contribution is -0.384. The molecule has 0 saturated heterocycles. The molecule has 0 aliphatic heterocycles. The third kappa shape index (κ3) is 6.23. The van der Waals surface area contributed by atoms with Gasteiger partial charge in [0.1, 0.15) is 0 Å². The van der Waals surface area contributed by atoms with Crippen LogP contribution in [0.4, 0.5) is 17.1 Å². The van der Waals surface area contributed by atoms with Crippen LogP contribution in [0.2, 0.25) is 10.0 Å². The highest BCUT2D eigenvalue weighted by molar-refractivity contribution is 8.00. The van der Waals surface area contributed by atoms with Gasteiger partial charge in [-0.15, -0.1) is 11.8 Å². The molecule has 0 aliphatic rings. The first-order valence-corrected chi connectivity index (χ1v) is 10.9. The van der Waals surface area contributed by atoms with Crippen LogP contribution in [-0.4, -0.2) is 22.0 Å². The van der Waals surface area contributed by atoms with Crippen LogP contribution in [0.1, 0.15) is 17.3 Å². The summed E-state index contributed by atoms with van der Waals surface area (Å²) in [4.78, 5) is 36.1. The van der Waals surface area contributed by atoms with Crippen LogP contribution < -0.4 is 10.6 Å². The predicted octanol–water partition coefficient (Wildman–Crippen LogP) is 6.27. The van der Waals surface area contributed by atoms with Crippen LogP contribution in [0.5, 0.6) is 0 Å². The van der Waals surface area contributed by atoms with Crippen molar-refractivity contribution < 1.29 is 14.5 Å². The maximum absolute atomic E-state index is 12.5. The maximum Gasteiger partial charge on any atom is 0.270 e. The lowest BCUT2D eigenvalue weighted by Crippen LogP contribution is -2.22. The van der Waals surface area contributed by atoms with Crippen molar-refractivity contribution in [1.29, 1.82) is 0 Å². The van der Waals surface area contributed by atoms with Gasteiger partial charge in [0.05, 0.1) is 20.2 Å². The van der Waals surface area contributed by atoms with Gasteiger partial charge in [-0.2, -0.15) is 0 Å². The van der Waals surface area contributed by atoms with E-state index in [2.05, 4.69) is 10.6 Å². The summed E-state index contributed by atoms with van der Waals surface area (Å²) in [6.07, 6.45) is 0. The number of nitro benzene ring substituents is 1. The van der Waals surface area contributed by atoms with E-state index in [1.807, 2.05) is 6.07 Å². The molecule has 3 aromatic rings. The molecule has 0 fully saturated rings. The van der Waals surface area contributed by atoms with E-state index in [4.69, 9.17) is 23.2 Å². The number of anilines is 2. The molecule has 3 rings (SSSR count). The number of carbonyl (C=O) groups excluding carboxylic acids is 2. The van der Waals surface area contributed by atoms with E-state index in [1.54, 1.807) is 43.3 Å². The standard InChI is InChI=1S/C22H17Cl2N3O4S/c1-13(21(28)25-16-8-9-19(23)20(24)12-16)32-18-7-3-5-15(11-18)26-22(29)14-4-2-6-17(10-14)27(30)31/h2-13H,1H3,(H,25,28)(H,26,29). The molecule has 0 aromatic heterocycles. The molecule has 0 radical (unpaired) electrons. The second-order valence-corrected chi connectivity index (χ2v) is 8.90. The Morgan fingerprint density at radius 2 is 1.66 bits per heavy atom. The fourth-order valence-electron chi connectivity index (χ4n) is 2.69. The van der Waals surface area contributed by atoms with Crippen molar-refractivity contribution in [3.05, 3.63) is 92.5 Å². The van der Waals surface area contributed by atoms with Gasteiger partial charge in [-0.1, -0.05) is 35.3 Å². The fourth-order valence-corrected chi connectivity index (χ4v) is 3.91. The monoisotopic (exact) mass is 489 g/mol. The Bertz CT molecular complexity index is 1190. The van der Waals surface area contributed by atoms with Gasteiger partial charge in [-0.25, -0.2) is 0 Å². The van der Waals surface area contributed by atoms with Crippen molar-refractivity contribution in [2.45, 2.75) is 17.1 Å². The van der Waals surface area contributed by atoms with Crippen molar-refractivity contribution in [2.24, 2.45) is 0 Å². The van der Waals surface area contributed by atoms with Crippen LogP contribution in [0, 0.1) is 10.1 Å². The highest BCUT2D eigenvalue weighted by Crippen LogP contribution is 2.28. The molecule has 0 bridgehead atoms. The maximum atomic E-state index is 12.5. The lowest BCUT2D eigenvalue weighted by Gasteiger charge is -2.13. The Morgan fingerprint density at radius 3 is 2.38 bits per heavy atom. The van der Waals surface area contributed by atoms with Gasteiger partial charge in [0.2, 0.25) is 5.91 Å². The summed E-state index contributed by atoms with van der Waals surface area (Å²) < 4.78 is 0. The summed E-state index contributed by atoms with van der Waals surface area (Å²) in [6, 6.07) is 17.3. The molecule has 10 heteroatoms. The van der Waals surface area contributed by atoms with Gasteiger partial charge in [-0.3, -0.25) is 19.7 Å². The predicted molar refractivity (Wildman–Crippen MR) is 128 cm³/mol. The molecule has 164 valence electrons.